The third kappa shape index (κ3) is 34.1. The number of carbonyl (C=O) groups excluding carboxylic acids is 2. The van der Waals surface area contributed by atoms with Gasteiger partial charge in [0.05, 0.1) is 18.8 Å². The van der Waals surface area contributed by atoms with E-state index in [1.54, 1.807) is 0 Å². The van der Waals surface area contributed by atoms with E-state index in [2.05, 4.69) is 73.1 Å². The van der Waals surface area contributed by atoms with Crippen molar-refractivity contribution in [3.05, 3.63) is 60.8 Å². The molecule has 0 aromatic heterocycles. The predicted octanol–water partition coefficient (Wildman–Crippen LogP) is 8.90. The third-order valence-corrected chi connectivity index (χ3v) is 8.21. The Morgan fingerprint density at radius 2 is 1.16 bits per heavy atom. The van der Waals surface area contributed by atoms with E-state index in [0.29, 0.717) is 25.7 Å². The van der Waals surface area contributed by atoms with Crippen molar-refractivity contribution in [3.63, 3.8) is 0 Å². The molecule has 0 rings (SSSR count). The molecule has 0 radical (unpaired) electrons. The number of phosphoric acid groups is 1. The lowest BCUT2D eigenvalue weighted by atomic mass is 10.0. The number of unbranched alkanes of at least 4 members (excludes halogenated alkanes) is 9. The fraction of sp³-hybridized carbons (Fsp3) is 0.692. The first kappa shape index (κ1) is 47.7. The van der Waals surface area contributed by atoms with Gasteiger partial charge in [0.25, 0.3) is 0 Å². The topological polar surface area (TPSA) is 160 Å². The van der Waals surface area contributed by atoms with Gasteiger partial charge in [-0.2, -0.15) is 0 Å². The second-order valence-corrected chi connectivity index (χ2v) is 13.7. The van der Waals surface area contributed by atoms with Gasteiger partial charge < -0.3 is 29.5 Å². The predicted molar refractivity (Wildman–Crippen MR) is 200 cm³/mol. The van der Waals surface area contributed by atoms with Crippen LogP contribution in [0.3, 0.4) is 0 Å². The van der Waals surface area contributed by atoms with Crippen molar-refractivity contribution in [2.24, 2.45) is 0 Å². The lowest BCUT2D eigenvalue weighted by molar-refractivity contribution is -0.161. The van der Waals surface area contributed by atoms with Crippen LogP contribution in [-0.4, -0.2) is 63.5 Å². The van der Waals surface area contributed by atoms with Crippen LogP contribution in [-0.2, 0) is 28.2 Å². The summed E-state index contributed by atoms with van der Waals surface area (Å²) in [5.74, 6) is -1.05. The number of hydrogen-bond donors (Lipinski definition) is 4. The molecular formula is C39H67O10P. The normalized spacial score (nSPS) is 14.4. The first-order chi connectivity index (χ1) is 24.1. The van der Waals surface area contributed by atoms with Gasteiger partial charge >= 0.3 is 19.8 Å². The Morgan fingerprint density at radius 3 is 1.80 bits per heavy atom. The van der Waals surface area contributed by atoms with Crippen molar-refractivity contribution in [3.8, 4) is 0 Å². The number of aliphatic hydroxyl groups excluding tert-OH is 2. The van der Waals surface area contributed by atoms with Crippen LogP contribution in [0.5, 0.6) is 0 Å². The Balaban J connectivity index is 4.19. The lowest BCUT2D eigenvalue weighted by Crippen LogP contribution is -2.29. The van der Waals surface area contributed by atoms with Crippen molar-refractivity contribution >= 4 is 19.8 Å². The number of ether oxygens (including phenoxy) is 2. The van der Waals surface area contributed by atoms with Crippen LogP contribution in [0.4, 0.5) is 0 Å². The summed E-state index contributed by atoms with van der Waals surface area (Å²) in [6.45, 7) is 3.32. The summed E-state index contributed by atoms with van der Waals surface area (Å²) in [6.07, 6.45) is 34.0. The minimum absolute atomic E-state index is 0.101. The van der Waals surface area contributed by atoms with Crippen LogP contribution in [0.25, 0.3) is 0 Å². The molecule has 0 aliphatic rings. The molecule has 0 bridgehead atoms. The molecule has 0 heterocycles. The zero-order chi connectivity index (χ0) is 37.1. The summed E-state index contributed by atoms with van der Waals surface area (Å²) >= 11 is 0. The summed E-state index contributed by atoms with van der Waals surface area (Å²) in [5, 5.41) is 20.3. The van der Waals surface area contributed by atoms with Gasteiger partial charge in [0.1, 0.15) is 6.61 Å². The fourth-order valence-electron chi connectivity index (χ4n) is 4.80. The molecular weight excluding hydrogens is 659 g/mol. The van der Waals surface area contributed by atoms with Crippen LogP contribution in [0.15, 0.2) is 60.8 Å². The van der Waals surface area contributed by atoms with Gasteiger partial charge in [-0.15, -0.1) is 0 Å². The van der Waals surface area contributed by atoms with Crippen molar-refractivity contribution in [1.29, 1.82) is 0 Å². The summed E-state index contributed by atoms with van der Waals surface area (Å²) in [6, 6.07) is 0. The van der Waals surface area contributed by atoms with Gasteiger partial charge in [0.15, 0.2) is 6.10 Å². The van der Waals surface area contributed by atoms with Gasteiger partial charge in [-0.3, -0.25) is 14.1 Å². The Hall–Kier alpha value is -2.33. The van der Waals surface area contributed by atoms with Crippen LogP contribution < -0.4 is 0 Å². The van der Waals surface area contributed by atoms with E-state index in [1.807, 2.05) is 6.08 Å². The maximum Gasteiger partial charge on any atom is 0.469 e. The van der Waals surface area contributed by atoms with Gasteiger partial charge in [0, 0.05) is 12.8 Å². The highest BCUT2D eigenvalue weighted by Crippen LogP contribution is 2.36. The number of phosphoric ester groups is 1. The minimum atomic E-state index is -4.80. The largest absolute Gasteiger partial charge is 0.469 e. The second-order valence-electron chi connectivity index (χ2n) is 12.5. The monoisotopic (exact) mass is 726 g/mol. The highest BCUT2D eigenvalue weighted by atomic mass is 31.2. The van der Waals surface area contributed by atoms with E-state index in [0.717, 1.165) is 77.0 Å². The molecule has 0 aliphatic heterocycles. The van der Waals surface area contributed by atoms with Crippen molar-refractivity contribution in [1.82, 2.24) is 0 Å². The van der Waals surface area contributed by atoms with Gasteiger partial charge in [-0.05, 0) is 77.0 Å². The molecule has 0 aromatic carbocycles. The molecule has 10 nitrogen and oxygen atoms in total. The number of esters is 2. The average Bonchev–Trinajstić information content (AvgIpc) is 3.08. The standard InChI is InChI=1S/C39H67O10P/c1-3-5-7-9-11-12-13-14-15-16-17-18-19-23-27-31-38(42)47-33-35(34-48-50(44,45)46)49-39(43)32-28-24-20-22-26-30-37(41)36(40)29-25-21-10-8-6-4-2/h5,7,11-12,14-15,17-18,21,25,35-37,40-41H,3-4,6,8-10,13,16,19-20,22-24,26-34H2,1-2H3,(H2,44,45,46)/b7-5-,12-11-,15-14-,18-17-,25-21-/t35-,36+,37+/m1/s1. The molecule has 3 atom stereocenters. The van der Waals surface area contributed by atoms with Gasteiger partial charge in [0.2, 0.25) is 0 Å². The molecule has 0 spiro atoms. The van der Waals surface area contributed by atoms with Crippen LogP contribution in [0.1, 0.15) is 142 Å². The Kier molecular flexibility index (Phi) is 32.2. The minimum Gasteiger partial charge on any atom is -0.462 e. The highest BCUT2D eigenvalue weighted by Gasteiger charge is 2.23. The first-order valence-corrected chi connectivity index (χ1v) is 20.3. The molecule has 0 saturated carbocycles. The first-order valence-electron chi connectivity index (χ1n) is 18.7. The molecule has 4 N–H and O–H groups in total. The summed E-state index contributed by atoms with van der Waals surface area (Å²) in [5.41, 5.74) is 0. The zero-order valence-corrected chi connectivity index (χ0v) is 31.6. The Labute approximate surface area is 302 Å². The van der Waals surface area contributed by atoms with Crippen LogP contribution in [0, 0.1) is 0 Å². The second kappa shape index (κ2) is 33.8. The molecule has 0 aromatic rings. The van der Waals surface area contributed by atoms with Crippen LogP contribution >= 0.6 is 7.82 Å². The molecule has 0 aliphatic carbocycles. The van der Waals surface area contributed by atoms with E-state index < -0.39 is 44.7 Å². The highest BCUT2D eigenvalue weighted by molar-refractivity contribution is 7.46. The Morgan fingerprint density at radius 1 is 0.620 bits per heavy atom. The fourth-order valence-corrected chi connectivity index (χ4v) is 5.16. The summed E-state index contributed by atoms with van der Waals surface area (Å²) in [7, 11) is -4.80. The number of carbonyl (C=O) groups is 2. The van der Waals surface area contributed by atoms with Crippen molar-refractivity contribution in [2.45, 2.75) is 161 Å². The van der Waals surface area contributed by atoms with E-state index in [9.17, 15) is 24.4 Å². The zero-order valence-electron chi connectivity index (χ0n) is 30.7. The number of aliphatic hydroxyl groups is 2. The van der Waals surface area contributed by atoms with E-state index in [1.165, 1.54) is 12.8 Å². The van der Waals surface area contributed by atoms with E-state index in [-0.39, 0.29) is 19.4 Å². The quantitative estimate of drug-likeness (QED) is 0.0223. The Bertz CT molecular complexity index is 1030. The SMILES string of the molecule is CC/C=C\C/C=C\C/C=C\C/C=C\CCCCC(=O)OC[C@H](COP(=O)(O)O)OC(=O)CCCCCCC[C@H](O)[C@@H](O)C/C=C\CCCCC. The van der Waals surface area contributed by atoms with Gasteiger partial charge in [-0.25, -0.2) is 4.57 Å². The molecule has 0 fully saturated rings. The molecule has 50 heavy (non-hydrogen) atoms. The van der Waals surface area contributed by atoms with Crippen LogP contribution in [0.2, 0.25) is 0 Å². The summed E-state index contributed by atoms with van der Waals surface area (Å²) < 4.78 is 26.2. The van der Waals surface area contributed by atoms with Crippen molar-refractivity contribution in [2.75, 3.05) is 13.2 Å². The lowest BCUT2D eigenvalue weighted by Gasteiger charge is -2.18. The maximum absolute atomic E-state index is 12.4. The third-order valence-electron chi connectivity index (χ3n) is 7.72. The molecule has 288 valence electrons. The number of rotatable bonds is 33. The maximum atomic E-state index is 12.4. The summed E-state index contributed by atoms with van der Waals surface area (Å²) in [4.78, 5) is 42.7. The smallest absolute Gasteiger partial charge is 0.462 e. The molecule has 0 unspecified atom stereocenters. The molecule has 11 heteroatoms. The van der Waals surface area contributed by atoms with E-state index in [4.69, 9.17) is 19.3 Å². The van der Waals surface area contributed by atoms with E-state index >= 15 is 0 Å². The van der Waals surface area contributed by atoms with Gasteiger partial charge in [-0.1, -0.05) is 113 Å². The number of allylic oxidation sites excluding steroid dienone is 9. The average molecular weight is 727 g/mol. The molecule has 0 amide bonds. The number of hydrogen-bond acceptors (Lipinski definition) is 8. The molecule has 0 saturated heterocycles. The van der Waals surface area contributed by atoms with Crippen molar-refractivity contribution < 1.29 is 48.2 Å².